The molecular formula is C12H14N6. The van der Waals surface area contributed by atoms with E-state index in [1.165, 1.54) is 6.33 Å². The van der Waals surface area contributed by atoms with Crippen molar-refractivity contribution in [1.29, 1.82) is 5.26 Å². The van der Waals surface area contributed by atoms with Gasteiger partial charge >= 0.3 is 0 Å². The fraction of sp³-hybridized carbons (Fsp3) is 0.333. The molecule has 0 aromatic carbocycles. The minimum atomic E-state index is 0.153. The minimum absolute atomic E-state index is 0.153. The fourth-order valence-corrected chi connectivity index (χ4v) is 1.46. The maximum absolute atomic E-state index is 8.68. The molecule has 0 amide bonds. The maximum Gasteiger partial charge on any atom is 0.252 e. The number of hydrogen-bond acceptors (Lipinski definition) is 5. The first-order valence-electron chi connectivity index (χ1n) is 5.68. The zero-order chi connectivity index (χ0) is 13.0. The molecular weight excluding hydrogens is 228 g/mol. The molecule has 0 aliphatic heterocycles. The Kier molecular flexibility index (Phi) is 3.65. The van der Waals surface area contributed by atoms with Gasteiger partial charge in [0.1, 0.15) is 12.4 Å². The summed E-state index contributed by atoms with van der Waals surface area (Å²) in [5.41, 5.74) is 1.86. The monoisotopic (exact) mass is 242 g/mol. The van der Waals surface area contributed by atoms with Crippen LogP contribution in [0.5, 0.6) is 0 Å². The predicted molar refractivity (Wildman–Crippen MR) is 65.8 cm³/mol. The Hall–Kier alpha value is -2.26. The van der Waals surface area contributed by atoms with Gasteiger partial charge in [-0.2, -0.15) is 5.26 Å². The highest BCUT2D eigenvalue weighted by Gasteiger charge is 2.03. The number of aromatic nitrogens is 4. The molecule has 6 nitrogen and oxygen atoms in total. The van der Waals surface area contributed by atoms with Crippen molar-refractivity contribution in [3.63, 3.8) is 0 Å². The summed E-state index contributed by atoms with van der Waals surface area (Å²) in [6.45, 7) is 4.93. The van der Waals surface area contributed by atoms with Crippen LogP contribution in [0.2, 0.25) is 0 Å². The molecule has 2 aromatic rings. The molecule has 6 heteroatoms. The Morgan fingerprint density at radius 3 is 2.94 bits per heavy atom. The number of rotatable bonds is 4. The van der Waals surface area contributed by atoms with Gasteiger partial charge in [-0.05, 0) is 11.6 Å². The molecule has 0 atom stereocenters. The van der Waals surface area contributed by atoms with Gasteiger partial charge in [-0.1, -0.05) is 13.8 Å². The first kappa shape index (κ1) is 12.2. The van der Waals surface area contributed by atoms with Crippen molar-refractivity contribution in [2.24, 2.45) is 0 Å². The Labute approximate surface area is 105 Å². The number of nitrogens with zero attached hydrogens (tertiary/aromatic N) is 5. The number of hydrogen-bond donors (Lipinski definition) is 1. The summed E-state index contributed by atoms with van der Waals surface area (Å²) >= 11 is 0. The number of pyridine rings is 1. The van der Waals surface area contributed by atoms with Gasteiger partial charge in [0.15, 0.2) is 0 Å². The Morgan fingerprint density at radius 1 is 1.44 bits per heavy atom. The smallest absolute Gasteiger partial charge is 0.252 e. The second-order valence-electron chi connectivity index (χ2n) is 4.21. The first-order chi connectivity index (χ1) is 8.69. The second-order valence-corrected chi connectivity index (χ2v) is 4.21. The molecule has 0 saturated heterocycles. The third-order valence-electron chi connectivity index (χ3n) is 2.35. The Balaban J connectivity index is 2.19. The molecule has 0 aliphatic carbocycles. The molecule has 2 heterocycles. The summed E-state index contributed by atoms with van der Waals surface area (Å²) in [5, 5.41) is 16.0. The summed E-state index contributed by atoms with van der Waals surface area (Å²) < 4.78 is 1.55. The van der Waals surface area contributed by atoms with Crippen molar-refractivity contribution in [3.05, 3.63) is 36.2 Å². The zero-order valence-electron chi connectivity index (χ0n) is 10.3. The van der Waals surface area contributed by atoms with E-state index in [1.807, 2.05) is 12.1 Å². The zero-order valence-corrected chi connectivity index (χ0v) is 10.3. The SMILES string of the molecule is CC(C)NCc1cncc(-n2cnc(C#N)n2)c1. The van der Waals surface area contributed by atoms with Gasteiger partial charge in [0.05, 0.1) is 11.9 Å². The summed E-state index contributed by atoms with van der Waals surface area (Å²) in [5.74, 6) is 0.153. The minimum Gasteiger partial charge on any atom is -0.310 e. The van der Waals surface area contributed by atoms with Crippen LogP contribution in [0, 0.1) is 11.3 Å². The van der Waals surface area contributed by atoms with Crippen LogP contribution in [0.1, 0.15) is 25.2 Å². The van der Waals surface area contributed by atoms with E-state index in [0.29, 0.717) is 6.04 Å². The van der Waals surface area contributed by atoms with Gasteiger partial charge in [-0.3, -0.25) is 4.98 Å². The van der Waals surface area contributed by atoms with Gasteiger partial charge in [-0.15, -0.1) is 5.10 Å². The van der Waals surface area contributed by atoms with Gasteiger partial charge in [0.2, 0.25) is 0 Å². The summed E-state index contributed by atoms with van der Waals surface area (Å²) in [7, 11) is 0. The standard InChI is InChI=1S/C12H14N6/c1-9(2)15-6-10-3-11(7-14-5-10)18-8-16-12(4-13)17-18/h3,5,7-9,15H,6H2,1-2H3. The van der Waals surface area contributed by atoms with E-state index < -0.39 is 0 Å². The second kappa shape index (κ2) is 5.38. The molecule has 92 valence electrons. The summed E-state index contributed by atoms with van der Waals surface area (Å²) in [6.07, 6.45) is 5.00. The van der Waals surface area contributed by atoms with Crippen molar-refractivity contribution >= 4 is 0 Å². The van der Waals surface area contributed by atoms with Crippen LogP contribution in [0.25, 0.3) is 5.69 Å². The molecule has 2 rings (SSSR count). The fourth-order valence-electron chi connectivity index (χ4n) is 1.46. The van der Waals surface area contributed by atoms with Crippen LogP contribution >= 0.6 is 0 Å². The van der Waals surface area contributed by atoms with E-state index >= 15 is 0 Å². The van der Waals surface area contributed by atoms with Crippen LogP contribution in [-0.2, 0) is 6.54 Å². The summed E-state index contributed by atoms with van der Waals surface area (Å²) in [4.78, 5) is 8.02. The third-order valence-corrected chi connectivity index (χ3v) is 2.35. The van der Waals surface area contributed by atoms with Gasteiger partial charge in [0.25, 0.3) is 5.82 Å². The van der Waals surface area contributed by atoms with Crippen LogP contribution in [-0.4, -0.2) is 25.8 Å². The van der Waals surface area contributed by atoms with E-state index in [4.69, 9.17) is 5.26 Å². The van der Waals surface area contributed by atoms with Crippen LogP contribution in [0.3, 0.4) is 0 Å². The molecule has 0 fully saturated rings. The van der Waals surface area contributed by atoms with E-state index in [2.05, 4.69) is 34.2 Å². The normalized spacial score (nSPS) is 10.6. The predicted octanol–water partition coefficient (Wildman–Crippen LogP) is 1.03. The number of nitriles is 1. The van der Waals surface area contributed by atoms with Crippen molar-refractivity contribution in [2.75, 3.05) is 0 Å². The molecule has 18 heavy (non-hydrogen) atoms. The molecule has 0 radical (unpaired) electrons. The molecule has 0 bridgehead atoms. The molecule has 2 aromatic heterocycles. The lowest BCUT2D eigenvalue weighted by Gasteiger charge is -2.08. The molecule has 0 unspecified atom stereocenters. The highest BCUT2D eigenvalue weighted by molar-refractivity contribution is 5.31. The molecule has 1 N–H and O–H groups in total. The van der Waals surface area contributed by atoms with Gasteiger partial charge in [0, 0.05) is 18.8 Å². The molecule has 0 aliphatic rings. The number of nitrogens with one attached hydrogen (secondary N) is 1. The average molecular weight is 242 g/mol. The van der Waals surface area contributed by atoms with E-state index in [9.17, 15) is 0 Å². The first-order valence-corrected chi connectivity index (χ1v) is 5.68. The van der Waals surface area contributed by atoms with Gasteiger partial charge < -0.3 is 5.32 Å². The Bertz CT molecular complexity index is 566. The van der Waals surface area contributed by atoms with Crippen molar-refractivity contribution in [1.82, 2.24) is 25.1 Å². The van der Waals surface area contributed by atoms with E-state index in [0.717, 1.165) is 17.8 Å². The van der Waals surface area contributed by atoms with E-state index in [-0.39, 0.29) is 5.82 Å². The topological polar surface area (TPSA) is 79.4 Å². The van der Waals surface area contributed by atoms with Crippen molar-refractivity contribution < 1.29 is 0 Å². The quantitative estimate of drug-likeness (QED) is 0.866. The van der Waals surface area contributed by atoms with Crippen molar-refractivity contribution in [2.45, 2.75) is 26.4 Å². The van der Waals surface area contributed by atoms with Crippen molar-refractivity contribution in [3.8, 4) is 11.8 Å². The average Bonchev–Trinajstić information content (AvgIpc) is 2.85. The van der Waals surface area contributed by atoms with Crippen LogP contribution in [0.15, 0.2) is 24.8 Å². The lowest BCUT2D eigenvalue weighted by molar-refractivity contribution is 0.587. The van der Waals surface area contributed by atoms with Crippen LogP contribution < -0.4 is 5.32 Å². The maximum atomic E-state index is 8.68. The molecule has 0 spiro atoms. The highest BCUT2D eigenvalue weighted by Crippen LogP contribution is 2.07. The molecule has 0 saturated carbocycles. The highest BCUT2D eigenvalue weighted by atomic mass is 15.3. The third kappa shape index (κ3) is 2.90. The van der Waals surface area contributed by atoms with Crippen LogP contribution in [0.4, 0.5) is 0 Å². The Morgan fingerprint density at radius 2 is 2.28 bits per heavy atom. The van der Waals surface area contributed by atoms with Gasteiger partial charge in [-0.25, -0.2) is 9.67 Å². The largest absolute Gasteiger partial charge is 0.310 e. The summed E-state index contributed by atoms with van der Waals surface area (Å²) in [6, 6.07) is 4.29. The lowest BCUT2D eigenvalue weighted by atomic mass is 10.2. The van der Waals surface area contributed by atoms with E-state index in [1.54, 1.807) is 17.1 Å². The lowest BCUT2D eigenvalue weighted by Crippen LogP contribution is -2.21.